The molecule has 1 N–H and O–H groups in total. The third kappa shape index (κ3) is 3.50. The fourth-order valence-corrected chi connectivity index (χ4v) is 2.60. The molecule has 1 saturated carbocycles. The van der Waals surface area contributed by atoms with Crippen LogP contribution in [0.4, 0.5) is 5.82 Å². The highest BCUT2D eigenvalue weighted by molar-refractivity contribution is 5.77. The van der Waals surface area contributed by atoms with Gasteiger partial charge in [0.2, 0.25) is 5.91 Å². The quantitative estimate of drug-likeness (QED) is 0.877. The average molecular weight is 290 g/mol. The Hall–Kier alpha value is -1.69. The number of aromatic nitrogens is 2. The predicted octanol–water partition coefficient (Wildman–Crippen LogP) is 1.01. The van der Waals surface area contributed by atoms with Gasteiger partial charge in [-0.3, -0.25) is 4.79 Å². The van der Waals surface area contributed by atoms with E-state index in [1.54, 1.807) is 6.33 Å². The zero-order valence-corrected chi connectivity index (χ0v) is 12.5. The zero-order valence-electron chi connectivity index (χ0n) is 12.5. The molecule has 0 unspecified atom stereocenters. The van der Waals surface area contributed by atoms with Crippen LogP contribution >= 0.6 is 0 Å². The molecule has 1 amide bonds. The topological polar surface area (TPSA) is 67.3 Å². The predicted molar refractivity (Wildman–Crippen MR) is 79.2 cm³/mol. The molecule has 0 atom stereocenters. The van der Waals surface area contributed by atoms with Crippen LogP contribution < -0.4 is 5.32 Å². The number of hydrogen-bond donors (Lipinski definition) is 1. The minimum Gasteiger partial charge on any atom is -0.372 e. The second-order valence-electron chi connectivity index (χ2n) is 5.58. The Bertz CT molecular complexity index is 516. The fourth-order valence-electron chi connectivity index (χ4n) is 2.60. The van der Waals surface area contributed by atoms with Crippen LogP contribution in [0, 0.1) is 0 Å². The molecule has 1 aromatic heterocycles. The van der Waals surface area contributed by atoms with Gasteiger partial charge in [0.1, 0.15) is 18.8 Å². The highest BCUT2D eigenvalue weighted by Crippen LogP contribution is 2.27. The minimum absolute atomic E-state index is 0.0642. The highest BCUT2D eigenvalue weighted by atomic mass is 16.5. The van der Waals surface area contributed by atoms with E-state index in [0.717, 1.165) is 24.4 Å². The molecule has 6 heteroatoms. The number of rotatable bonds is 5. The molecule has 2 aliphatic rings. The van der Waals surface area contributed by atoms with Crippen molar-refractivity contribution in [1.29, 1.82) is 0 Å². The first kappa shape index (κ1) is 14.3. The van der Waals surface area contributed by atoms with E-state index in [0.29, 0.717) is 25.7 Å². The lowest BCUT2D eigenvalue weighted by Crippen LogP contribution is -2.36. The summed E-state index contributed by atoms with van der Waals surface area (Å²) < 4.78 is 5.22. The first-order valence-corrected chi connectivity index (χ1v) is 7.72. The van der Waals surface area contributed by atoms with Crippen LogP contribution in [0.5, 0.6) is 0 Å². The molecule has 2 heterocycles. The Morgan fingerprint density at radius 2 is 2.19 bits per heavy atom. The third-order valence-corrected chi connectivity index (χ3v) is 3.99. The van der Waals surface area contributed by atoms with Crippen LogP contribution in [0.25, 0.3) is 0 Å². The Labute approximate surface area is 124 Å². The lowest BCUT2D eigenvalue weighted by atomic mass is 10.1. The van der Waals surface area contributed by atoms with E-state index in [9.17, 15) is 4.79 Å². The average Bonchev–Trinajstić information content (AvgIpc) is 3.31. The van der Waals surface area contributed by atoms with Crippen molar-refractivity contribution in [1.82, 2.24) is 14.9 Å². The molecule has 1 aromatic rings. The van der Waals surface area contributed by atoms with Gasteiger partial charge < -0.3 is 15.0 Å². The summed E-state index contributed by atoms with van der Waals surface area (Å²) in [5.74, 6) is 1.02. The summed E-state index contributed by atoms with van der Waals surface area (Å²) >= 11 is 0. The van der Waals surface area contributed by atoms with Gasteiger partial charge in [0.05, 0.1) is 5.69 Å². The van der Waals surface area contributed by atoms with Gasteiger partial charge in [0.25, 0.3) is 0 Å². The number of carbonyl (C=O) groups excluding carboxylic acids is 1. The summed E-state index contributed by atoms with van der Waals surface area (Å²) in [6, 6.07) is 0.572. The van der Waals surface area contributed by atoms with Gasteiger partial charge in [-0.05, 0) is 26.2 Å². The van der Waals surface area contributed by atoms with Gasteiger partial charge in [0, 0.05) is 37.7 Å². The lowest BCUT2D eigenvalue weighted by molar-refractivity contribution is -0.135. The third-order valence-electron chi connectivity index (χ3n) is 3.99. The number of ether oxygens (including phenoxy) is 1. The van der Waals surface area contributed by atoms with Crippen molar-refractivity contribution < 1.29 is 9.53 Å². The maximum Gasteiger partial charge on any atom is 0.248 e. The summed E-state index contributed by atoms with van der Waals surface area (Å²) in [5.41, 5.74) is 2.25. The first-order valence-electron chi connectivity index (χ1n) is 7.72. The second-order valence-corrected chi connectivity index (χ2v) is 5.58. The number of nitrogens with zero attached hydrogens (tertiary/aromatic N) is 3. The first-order chi connectivity index (χ1) is 10.3. The van der Waals surface area contributed by atoms with Crippen LogP contribution in [0.2, 0.25) is 0 Å². The largest absolute Gasteiger partial charge is 0.372 e. The van der Waals surface area contributed by atoms with Crippen molar-refractivity contribution in [2.75, 3.05) is 31.6 Å². The van der Waals surface area contributed by atoms with E-state index in [2.05, 4.69) is 15.3 Å². The van der Waals surface area contributed by atoms with E-state index < -0.39 is 0 Å². The molecule has 0 saturated heterocycles. The van der Waals surface area contributed by atoms with E-state index in [1.807, 2.05) is 11.8 Å². The van der Waals surface area contributed by atoms with Crippen LogP contribution in [-0.4, -0.2) is 53.1 Å². The number of fused-ring (bicyclic) bond motifs is 1. The normalized spacial score (nSPS) is 18.0. The van der Waals surface area contributed by atoms with E-state index in [4.69, 9.17) is 4.74 Å². The van der Waals surface area contributed by atoms with Gasteiger partial charge >= 0.3 is 0 Å². The number of anilines is 1. The molecule has 3 rings (SSSR count). The Morgan fingerprint density at radius 3 is 2.95 bits per heavy atom. The Balaban J connectivity index is 1.68. The molecule has 1 aliphatic carbocycles. The fraction of sp³-hybridized carbons (Fsp3) is 0.667. The van der Waals surface area contributed by atoms with Crippen LogP contribution in [-0.2, 0) is 22.4 Å². The Kier molecular flexibility index (Phi) is 4.34. The second kappa shape index (κ2) is 6.39. The van der Waals surface area contributed by atoms with Gasteiger partial charge in [-0.1, -0.05) is 0 Å². The van der Waals surface area contributed by atoms with E-state index in [1.165, 1.54) is 18.4 Å². The minimum atomic E-state index is 0.0642. The standard InChI is InChI=1S/C15H22N4O2/c1-2-21-9-14(20)19-7-5-12-13(6-8-19)16-10-17-15(12)18-11-3-4-11/h10-11H,2-9H2,1H3,(H,16,17,18). The van der Waals surface area contributed by atoms with E-state index in [-0.39, 0.29) is 12.5 Å². The molecule has 0 bridgehead atoms. The van der Waals surface area contributed by atoms with Gasteiger partial charge in [-0.15, -0.1) is 0 Å². The van der Waals surface area contributed by atoms with Crippen LogP contribution in [0.15, 0.2) is 6.33 Å². The molecule has 0 aromatic carbocycles. The summed E-state index contributed by atoms with van der Waals surface area (Å²) in [7, 11) is 0. The SMILES string of the molecule is CCOCC(=O)N1CCc2ncnc(NC3CC3)c2CC1. The Morgan fingerprint density at radius 1 is 1.38 bits per heavy atom. The van der Waals surface area contributed by atoms with Crippen molar-refractivity contribution >= 4 is 11.7 Å². The zero-order chi connectivity index (χ0) is 14.7. The van der Waals surface area contributed by atoms with Crippen molar-refractivity contribution in [3.8, 4) is 0 Å². The summed E-state index contributed by atoms with van der Waals surface area (Å²) in [5, 5.41) is 3.47. The summed E-state index contributed by atoms with van der Waals surface area (Å²) in [4.78, 5) is 22.7. The van der Waals surface area contributed by atoms with Crippen molar-refractivity contribution in [2.24, 2.45) is 0 Å². The van der Waals surface area contributed by atoms with E-state index >= 15 is 0 Å². The van der Waals surface area contributed by atoms with Gasteiger partial charge in [0.15, 0.2) is 0 Å². The molecule has 0 radical (unpaired) electrons. The van der Waals surface area contributed by atoms with Crippen molar-refractivity contribution in [2.45, 2.75) is 38.6 Å². The number of carbonyl (C=O) groups is 1. The van der Waals surface area contributed by atoms with Crippen LogP contribution in [0.1, 0.15) is 31.0 Å². The summed E-state index contributed by atoms with van der Waals surface area (Å²) in [6.07, 6.45) is 5.66. The summed E-state index contributed by atoms with van der Waals surface area (Å²) in [6.45, 7) is 4.06. The molecule has 1 aliphatic heterocycles. The molecule has 6 nitrogen and oxygen atoms in total. The molecule has 114 valence electrons. The molecular weight excluding hydrogens is 268 g/mol. The van der Waals surface area contributed by atoms with Gasteiger partial charge in [-0.2, -0.15) is 0 Å². The number of nitrogens with one attached hydrogen (secondary N) is 1. The molecule has 0 spiro atoms. The molecule has 21 heavy (non-hydrogen) atoms. The maximum atomic E-state index is 12.1. The highest BCUT2D eigenvalue weighted by Gasteiger charge is 2.25. The molecular formula is C15H22N4O2. The monoisotopic (exact) mass is 290 g/mol. The number of amides is 1. The van der Waals surface area contributed by atoms with Crippen LogP contribution in [0.3, 0.4) is 0 Å². The lowest BCUT2D eigenvalue weighted by Gasteiger charge is -2.19. The van der Waals surface area contributed by atoms with Gasteiger partial charge in [-0.25, -0.2) is 9.97 Å². The van der Waals surface area contributed by atoms with Crippen molar-refractivity contribution in [3.05, 3.63) is 17.6 Å². The molecule has 1 fully saturated rings. The number of hydrogen-bond acceptors (Lipinski definition) is 5. The van der Waals surface area contributed by atoms with Crippen molar-refractivity contribution in [3.63, 3.8) is 0 Å². The smallest absolute Gasteiger partial charge is 0.248 e. The maximum absolute atomic E-state index is 12.1.